The molecule has 0 fully saturated rings. The molecule has 2 rings (SSSR count). The largest absolute Gasteiger partial charge is 0.496 e. The lowest BCUT2D eigenvalue weighted by Crippen LogP contribution is -2.41. The summed E-state index contributed by atoms with van der Waals surface area (Å²) < 4.78 is 12.9. The van der Waals surface area contributed by atoms with Crippen molar-refractivity contribution < 1.29 is 14.0 Å². The number of ketones is 1. The van der Waals surface area contributed by atoms with Crippen LogP contribution in [0.2, 0.25) is 18.1 Å². The number of ether oxygens (including phenoxy) is 1. The van der Waals surface area contributed by atoms with Crippen molar-refractivity contribution in [2.75, 3.05) is 13.7 Å². The predicted molar refractivity (Wildman–Crippen MR) is 119 cm³/mol. The molecule has 0 aliphatic carbocycles. The van der Waals surface area contributed by atoms with Crippen LogP contribution in [0.3, 0.4) is 0 Å². The van der Waals surface area contributed by atoms with E-state index in [9.17, 15) is 4.79 Å². The molecule has 0 aliphatic rings. The van der Waals surface area contributed by atoms with Crippen LogP contribution in [0.5, 0.6) is 5.75 Å². The molecule has 0 N–H and O–H groups in total. The molecule has 0 atom stereocenters. The number of carbonyl (C=O) groups is 1. The summed E-state index contributed by atoms with van der Waals surface area (Å²) in [6, 6.07) is 8.11. The number of nitrogens with zero attached hydrogens (tertiary/aromatic N) is 1. The SMILES string of the molecule is COc1cc2sc(C(=O)CCC#N)cc2cc1CCCO[Si](C)(C)C(C)(C)C. The number of methoxy groups -OCH3 is 1. The van der Waals surface area contributed by atoms with Crippen molar-refractivity contribution in [3.8, 4) is 11.8 Å². The molecule has 1 aromatic heterocycles. The number of carbonyl (C=O) groups excluding carboxylic acids is 1. The summed E-state index contributed by atoms with van der Waals surface area (Å²) in [5.41, 5.74) is 1.14. The zero-order valence-corrected chi connectivity index (χ0v) is 19.7. The van der Waals surface area contributed by atoms with Crippen LogP contribution in [0, 0.1) is 11.3 Å². The first kappa shape index (κ1) is 22.6. The Labute approximate surface area is 173 Å². The monoisotopic (exact) mass is 417 g/mol. The Hall–Kier alpha value is -1.68. The summed E-state index contributed by atoms with van der Waals surface area (Å²) in [5.74, 6) is 0.892. The zero-order chi connectivity index (χ0) is 20.9. The van der Waals surface area contributed by atoms with Crippen LogP contribution in [0.1, 0.15) is 55.3 Å². The fourth-order valence-electron chi connectivity index (χ4n) is 2.74. The maximum atomic E-state index is 12.2. The van der Waals surface area contributed by atoms with Crippen molar-refractivity contribution in [2.45, 2.75) is 64.6 Å². The molecule has 0 aliphatic heterocycles. The zero-order valence-electron chi connectivity index (χ0n) is 17.8. The van der Waals surface area contributed by atoms with E-state index < -0.39 is 8.32 Å². The van der Waals surface area contributed by atoms with E-state index in [4.69, 9.17) is 14.4 Å². The van der Waals surface area contributed by atoms with Gasteiger partial charge in [0.2, 0.25) is 0 Å². The van der Waals surface area contributed by atoms with E-state index in [0.717, 1.165) is 40.8 Å². The minimum Gasteiger partial charge on any atom is -0.496 e. The van der Waals surface area contributed by atoms with Gasteiger partial charge in [-0.05, 0) is 60.1 Å². The fourth-order valence-corrected chi connectivity index (χ4v) is 4.87. The molecule has 0 spiro atoms. The van der Waals surface area contributed by atoms with Crippen molar-refractivity contribution in [1.29, 1.82) is 5.26 Å². The minimum absolute atomic E-state index is 0.0334. The van der Waals surface area contributed by atoms with E-state index in [1.54, 1.807) is 7.11 Å². The van der Waals surface area contributed by atoms with Crippen LogP contribution in [0.25, 0.3) is 10.1 Å². The first-order valence-electron chi connectivity index (χ1n) is 9.73. The number of Topliss-reactive ketones (excluding diaryl/α,β-unsaturated/α-hetero) is 1. The summed E-state index contributed by atoms with van der Waals surface area (Å²) in [5, 5.41) is 9.96. The van der Waals surface area contributed by atoms with Gasteiger partial charge in [0, 0.05) is 24.1 Å². The molecule has 0 radical (unpaired) electrons. The second-order valence-corrected chi connectivity index (χ2v) is 14.5. The van der Waals surface area contributed by atoms with Gasteiger partial charge in [-0.3, -0.25) is 4.79 Å². The Balaban J connectivity index is 2.10. The van der Waals surface area contributed by atoms with Crippen LogP contribution in [-0.4, -0.2) is 27.8 Å². The van der Waals surface area contributed by atoms with Crippen molar-refractivity contribution in [3.05, 3.63) is 28.6 Å². The highest BCUT2D eigenvalue weighted by Gasteiger charge is 2.36. The van der Waals surface area contributed by atoms with E-state index in [0.29, 0.717) is 4.88 Å². The third-order valence-corrected chi connectivity index (χ3v) is 11.2. The number of fused-ring (bicyclic) bond motifs is 1. The molecule has 1 aromatic carbocycles. The number of hydrogen-bond donors (Lipinski definition) is 0. The summed E-state index contributed by atoms with van der Waals surface area (Å²) in [6.07, 6.45) is 2.35. The second kappa shape index (κ2) is 9.21. The number of benzene rings is 1. The highest BCUT2D eigenvalue weighted by atomic mass is 32.1. The average molecular weight is 418 g/mol. The van der Waals surface area contributed by atoms with E-state index >= 15 is 0 Å². The van der Waals surface area contributed by atoms with Gasteiger partial charge in [-0.1, -0.05) is 20.8 Å². The highest BCUT2D eigenvalue weighted by Crippen LogP contribution is 2.37. The van der Waals surface area contributed by atoms with E-state index in [1.165, 1.54) is 11.3 Å². The van der Waals surface area contributed by atoms with Gasteiger partial charge < -0.3 is 9.16 Å². The van der Waals surface area contributed by atoms with Gasteiger partial charge in [0.1, 0.15) is 5.75 Å². The second-order valence-electron chi connectivity index (χ2n) is 8.61. The molecular formula is C22H31NO3SSi. The van der Waals surface area contributed by atoms with Gasteiger partial charge in [0.25, 0.3) is 0 Å². The van der Waals surface area contributed by atoms with Gasteiger partial charge in [-0.25, -0.2) is 0 Å². The molecule has 4 nitrogen and oxygen atoms in total. The summed E-state index contributed by atoms with van der Waals surface area (Å²) in [4.78, 5) is 12.9. The molecule has 6 heteroatoms. The molecule has 1 heterocycles. The molecule has 0 bridgehead atoms. The Morgan fingerprint density at radius 3 is 2.57 bits per heavy atom. The van der Waals surface area contributed by atoms with Crippen LogP contribution < -0.4 is 4.74 Å². The van der Waals surface area contributed by atoms with Gasteiger partial charge in [0.05, 0.1) is 18.1 Å². The topological polar surface area (TPSA) is 59.3 Å². The summed E-state index contributed by atoms with van der Waals surface area (Å²) in [6.45, 7) is 12.1. The van der Waals surface area contributed by atoms with Crippen molar-refractivity contribution >= 4 is 35.5 Å². The smallest absolute Gasteiger partial charge is 0.191 e. The van der Waals surface area contributed by atoms with Gasteiger partial charge in [-0.15, -0.1) is 11.3 Å². The van der Waals surface area contributed by atoms with Gasteiger partial charge in [0.15, 0.2) is 14.1 Å². The van der Waals surface area contributed by atoms with Crippen molar-refractivity contribution in [1.82, 2.24) is 0 Å². The Morgan fingerprint density at radius 2 is 1.96 bits per heavy atom. The maximum Gasteiger partial charge on any atom is 0.191 e. The molecule has 152 valence electrons. The van der Waals surface area contributed by atoms with E-state index in [2.05, 4.69) is 39.9 Å². The average Bonchev–Trinajstić information content (AvgIpc) is 3.04. The fraction of sp³-hybridized carbons (Fsp3) is 0.545. The van der Waals surface area contributed by atoms with E-state index in [1.807, 2.05) is 18.2 Å². The van der Waals surface area contributed by atoms with Crippen LogP contribution in [0.4, 0.5) is 0 Å². The Morgan fingerprint density at radius 1 is 1.25 bits per heavy atom. The van der Waals surface area contributed by atoms with Crippen LogP contribution >= 0.6 is 11.3 Å². The first-order valence-corrected chi connectivity index (χ1v) is 13.5. The van der Waals surface area contributed by atoms with Crippen molar-refractivity contribution in [3.63, 3.8) is 0 Å². The third-order valence-electron chi connectivity index (χ3n) is 5.52. The number of aryl methyl sites for hydroxylation is 1. The number of hydrogen-bond acceptors (Lipinski definition) is 5. The number of nitriles is 1. The van der Waals surface area contributed by atoms with Gasteiger partial charge >= 0.3 is 0 Å². The third kappa shape index (κ3) is 5.44. The minimum atomic E-state index is -1.72. The van der Waals surface area contributed by atoms with Crippen LogP contribution in [0.15, 0.2) is 18.2 Å². The lowest BCUT2D eigenvalue weighted by Gasteiger charge is -2.36. The normalized spacial score (nSPS) is 12.2. The molecule has 0 saturated carbocycles. The standard InChI is InChI=1S/C22H31NO3SSi/c1-22(2,3)28(5,6)26-12-8-9-16-13-17-14-21(18(24)10-7-11-23)27-20(17)15-19(16)25-4/h13-15H,7-10,12H2,1-6H3. The van der Waals surface area contributed by atoms with Crippen LogP contribution in [-0.2, 0) is 10.8 Å². The summed E-state index contributed by atoms with van der Waals surface area (Å²) in [7, 11) is -0.0352. The Kier molecular flexibility index (Phi) is 7.44. The molecule has 0 saturated heterocycles. The summed E-state index contributed by atoms with van der Waals surface area (Å²) >= 11 is 1.47. The molecule has 0 unspecified atom stereocenters. The lowest BCUT2D eigenvalue weighted by atomic mass is 10.1. The number of rotatable bonds is 9. The maximum absolute atomic E-state index is 12.2. The van der Waals surface area contributed by atoms with Crippen molar-refractivity contribution in [2.24, 2.45) is 0 Å². The first-order chi connectivity index (χ1) is 13.1. The van der Waals surface area contributed by atoms with E-state index in [-0.39, 0.29) is 23.7 Å². The molecular weight excluding hydrogens is 386 g/mol. The lowest BCUT2D eigenvalue weighted by molar-refractivity contribution is 0.0988. The number of thiophene rings is 1. The highest BCUT2D eigenvalue weighted by molar-refractivity contribution is 7.20. The van der Waals surface area contributed by atoms with Gasteiger partial charge in [-0.2, -0.15) is 5.26 Å². The molecule has 2 aromatic rings. The predicted octanol–water partition coefficient (Wildman–Crippen LogP) is 6.35. The Bertz CT molecular complexity index is 874. The molecule has 0 amide bonds. The molecule has 28 heavy (non-hydrogen) atoms. The quantitative estimate of drug-likeness (QED) is 0.271.